The van der Waals surface area contributed by atoms with Crippen molar-refractivity contribution in [1.82, 2.24) is 4.90 Å². The Labute approximate surface area is 102 Å². The standard InChI is InChI=1S/C12H13F3N2O/c1-17-5-7(6-17)8-3-2-4-9(11(16)18)10(8)12(13,14)15/h2-4,7H,5-6H2,1H3,(H2,16,18). The number of nitrogens with zero attached hydrogens (tertiary/aromatic N) is 1. The average molecular weight is 258 g/mol. The normalized spacial score (nSPS) is 17.6. The number of amides is 1. The maximum atomic E-state index is 13.1. The van der Waals surface area contributed by atoms with E-state index in [0.29, 0.717) is 13.1 Å². The van der Waals surface area contributed by atoms with E-state index in [2.05, 4.69) is 0 Å². The number of carbonyl (C=O) groups excluding carboxylic acids is 1. The van der Waals surface area contributed by atoms with Crippen LogP contribution < -0.4 is 5.73 Å². The number of benzene rings is 1. The van der Waals surface area contributed by atoms with Gasteiger partial charge in [0.2, 0.25) is 5.91 Å². The zero-order valence-corrected chi connectivity index (χ0v) is 9.79. The fourth-order valence-corrected chi connectivity index (χ4v) is 2.33. The maximum Gasteiger partial charge on any atom is 0.417 e. The number of primary amides is 1. The predicted octanol–water partition coefficient (Wildman–Crippen LogP) is 1.83. The second-order valence-electron chi connectivity index (χ2n) is 4.55. The Bertz CT molecular complexity index is 479. The molecule has 2 rings (SSSR count). The predicted molar refractivity (Wildman–Crippen MR) is 60.2 cm³/mol. The van der Waals surface area contributed by atoms with E-state index in [1.807, 2.05) is 11.9 Å². The van der Waals surface area contributed by atoms with Crippen LogP contribution in [0, 0.1) is 0 Å². The van der Waals surface area contributed by atoms with Crippen LogP contribution in [0.4, 0.5) is 13.2 Å². The molecule has 1 heterocycles. The van der Waals surface area contributed by atoms with E-state index >= 15 is 0 Å². The van der Waals surface area contributed by atoms with Crippen LogP contribution in [0.1, 0.15) is 27.4 Å². The van der Waals surface area contributed by atoms with Crippen molar-refractivity contribution in [2.75, 3.05) is 20.1 Å². The minimum absolute atomic E-state index is 0.164. The van der Waals surface area contributed by atoms with E-state index in [0.717, 1.165) is 6.07 Å². The van der Waals surface area contributed by atoms with E-state index in [1.165, 1.54) is 12.1 Å². The Kier molecular flexibility index (Phi) is 3.06. The number of likely N-dealkylation sites (N-methyl/N-ethyl adjacent to an activating group) is 1. The minimum atomic E-state index is -4.56. The average Bonchev–Trinajstić information content (AvgIpc) is 2.22. The van der Waals surface area contributed by atoms with Crippen LogP contribution in [0.3, 0.4) is 0 Å². The monoisotopic (exact) mass is 258 g/mol. The van der Waals surface area contributed by atoms with Gasteiger partial charge in [0, 0.05) is 19.0 Å². The van der Waals surface area contributed by atoms with Crippen molar-refractivity contribution in [3.63, 3.8) is 0 Å². The smallest absolute Gasteiger partial charge is 0.366 e. The fraction of sp³-hybridized carbons (Fsp3) is 0.417. The molecule has 0 atom stereocenters. The highest BCUT2D eigenvalue weighted by atomic mass is 19.4. The van der Waals surface area contributed by atoms with E-state index in [1.54, 1.807) is 0 Å². The summed E-state index contributed by atoms with van der Waals surface area (Å²) in [5.41, 5.74) is 3.85. The molecule has 1 aliphatic heterocycles. The van der Waals surface area contributed by atoms with Crippen LogP contribution in [0.15, 0.2) is 18.2 Å². The third-order valence-electron chi connectivity index (χ3n) is 3.15. The second kappa shape index (κ2) is 4.28. The Morgan fingerprint density at radius 3 is 2.44 bits per heavy atom. The summed E-state index contributed by atoms with van der Waals surface area (Å²) >= 11 is 0. The number of hydrogen-bond donors (Lipinski definition) is 1. The molecule has 98 valence electrons. The maximum absolute atomic E-state index is 13.1. The largest absolute Gasteiger partial charge is 0.417 e. The van der Waals surface area contributed by atoms with Crippen LogP contribution in [0.25, 0.3) is 0 Å². The first kappa shape index (κ1) is 12.9. The molecule has 1 aliphatic rings. The van der Waals surface area contributed by atoms with Crippen molar-refractivity contribution < 1.29 is 18.0 Å². The first-order valence-corrected chi connectivity index (χ1v) is 5.49. The quantitative estimate of drug-likeness (QED) is 0.879. The van der Waals surface area contributed by atoms with Gasteiger partial charge in [0.05, 0.1) is 11.1 Å². The first-order chi connectivity index (χ1) is 8.30. The Hall–Kier alpha value is -1.56. The summed E-state index contributed by atoms with van der Waals surface area (Å²) in [6.45, 7) is 1.12. The summed E-state index contributed by atoms with van der Waals surface area (Å²) in [4.78, 5) is 13.0. The van der Waals surface area contributed by atoms with E-state index in [4.69, 9.17) is 5.73 Å². The molecule has 0 radical (unpaired) electrons. The molecule has 18 heavy (non-hydrogen) atoms. The summed E-state index contributed by atoms with van der Waals surface area (Å²) in [7, 11) is 1.84. The molecular weight excluding hydrogens is 245 g/mol. The number of nitrogens with two attached hydrogens (primary N) is 1. The van der Waals surface area contributed by atoms with Crippen molar-refractivity contribution in [2.24, 2.45) is 5.73 Å². The topological polar surface area (TPSA) is 46.3 Å². The van der Waals surface area contributed by atoms with E-state index in [-0.39, 0.29) is 11.5 Å². The van der Waals surface area contributed by atoms with Gasteiger partial charge in [0.1, 0.15) is 0 Å². The van der Waals surface area contributed by atoms with Gasteiger partial charge in [-0.05, 0) is 18.7 Å². The molecular formula is C12H13F3N2O. The van der Waals surface area contributed by atoms with Crippen molar-refractivity contribution in [3.05, 3.63) is 34.9 Å². The molecule has 1 amide bonds. The SMILES string of the molecule is CN1CC(c2cccc(C(N)=O)c2C(F)(F)F)C1. The molecule has 2 N–H and O–H groups in total. The zero-order valence-electron chi connectivity index (χ0n) is 9.79. The molecule has 0 aliphatic carbocycles. The van der Waals surface area contributed by atoms with Crippen molar-refractivity contribution >= 4 is 5.91 Å². The third kappa shape index (κ3) is 2.20. The Morgan fingerprint density at radius 2 is 2.00 bits per heavy atom. The molecule has 0 bridgehead atoms. The van der Waals surface area contributed by atoms with Gasteiger partial charge in [0.15, 0.2) is 0 Å². The minimum Gasteiger partial charge on any atom is -0.366 e. The summed E-state index contributed by atoms with van der Waals surface area (Å²) in [5, 5.41) is 0. The summed E-state index contributed by atoms with van der Waals surface area (Å²) in [6, 6.07) is 3.99. The Balaban J connectivity index is 2.52. The zero-order chi connectivity index (χ0) is 13.5. The van der Waals surface area contributed by atoms with Gasteiger partial charge in [-0.15, -0.1) is 0 Å². The van der Waals surface area contributed by atoms with Gasteiger partial charge in [0.25, 0.3) is 0 Å². The van der Waals surface area contributed by atoms with Crippen molar-refractivity contribution in [3.8, 4) is 0 Å². The van der Waals surface area contributed by atoms with Crippen molar-refractivity contribution in [2.45, 2.75) is 12.1 Å². The number of alkyl halides is 3. The lowest BCUT2D eigenvalue weighted by atomic mass is 9.86. The molecule has 3 nitrogen and oxygen atoms in total. The molecule has 6 heteroatoms. The fourth-order valence-electron chi connectivity index (χ4n) is 2.33. The summed E-state index contributed by atoms with van der Waals surface area (Å²) < 4.78 is 39.2. The molecule has 1 saturated heterocycles. The van der Waals surface area contributed by atoms with Crippen LogP contribution in [-0.4, -0.2) is 30.9 Å². The lowest BCUT2D eigenvalue weighted by Gasteiger charge is -2.38. The highest BCUT2D eigenvalue weighted by Crippen LogP contribution is 2.39. The summed E-state index contributed by atoms with van der Waals surface area (Å²) in [6.07, 6.45) is -4.56. The van der Waals surface area contributed by atoms with Gasteiger partial charge >= 0.3 is 6.18 Å². The third-order valence-corrected chi connectivity index (χ3v) is 3.15. The molecule has 0 aromatic heterocycles. The molecule has 0 saturated carbocycles. The summed E-state index contributed by atoms with van der Waals surface area (Å²) in [5.74, 6) is -1.23. The number of likely N-dealkylation sites (tertiary alicyclic amines) is 1. The lowest BCUT2D eigenvalue weighted by molar-refractivity contribution is -0.139. The Morgan fingerprint density at radius 1 is 1.39 bits per heavy atom. The van der Waals surface area contributed by atoms with Crippen LogP contribution in [0.2, 0.25) is 0 Å². The number of hydrogen-bond acceptors (Lipinski definition) is 2. The highest BCUT2D eigenvalue weighted by molar-refractivity contribution is 5.95. The van der Waals surface area contributed by atoms with Gasteiger partial charge in [-0.3, -0.25) is 4.79 Å². The number of carbonyl (C=O) groups is 1. The van der Waals surface area contributed by atoms with Gasteiger partial charge < -0.3 is 10.6 Å². The molecule has 1 aromatic rings. The molecule has 0 unspecified atom stereocenters. The number of rotatable bonds is 2. The second-order valence-corrected chi connectivity index (χ2v) is 4.55. The van der Waals surface area contributed by atoms with Crippen LogP contribution >= 0.6 is 0 Å². The molecule has 1 fully saturated rings. The van der Waals surface area contributed by atoms with Gasteiger partial charge in [-0.25, -0.2) is 0 Å². The number of halogens is 3. The van der Waals surface area contributed by atoms with E-state index < -0.39 is 23.2 Å². The molecule has 0 spiro atoms. The van der Waals surface area contributed by atoms with Gasteiger partial charge in [-0.2, -0.15) is 13.2 Å². The first-order valence-electron chi connectivity index (χ1n) is 5.49. The van der Waals surface area contributed by atoms with Crippen molar-refractivity contribution in [1.29, 1.82) is 0 Å². The van der Waals surface area contributed by atoms with Crippen LogP contribution in [0.5, 0.6) is 0 Å². The van der Waals surface area contributed by atoms with Gasteiger partial charge in [-0.1, -0.05) is 12.1 Å². The molecule has 1 aromatic carbocycles. The van der Waals surface area contributed by atoms with Crippen LogP contribution in [-0.2, 0) is 6.18 Å². The lowest BCUT2D eigenvalue weighted by Crippen LogP contribution is -2.42. The van der Waals surface area contributed by atoms with E-state index in [9.17, 15) is 18.0 Å². The highest BCUT2D eigenvalue weighted by Gasteiger charge is 2.40.